The van der Waals surface area contributed by atoms with Gasteiger partial charge in [-0.15, -0.1) is 5.10 Å². The van der Waals surface area contributed by atoms with Crippen molar-refractivity contribution in [3.63, 3.8) is 0 Å². The molecule has 0 saturated heterocycles. The first-order valence-electron chi connectivity index (χ1n) is 7.77. The van der Waals surface area contributed by atoms with Crippen LogP contribution >= 0.6 is 0 Å². The quantitative estimate of drug-likeness (QED) is 0.680. The average molecular weight is 322 g/mol. The molecule has 4 rings (SSSR count). The molecule has 0 saturated carbocycles. The van der Waals surface area contributed by atoms with Gasteiger partial charge < -0.3 is 0 Å². The molecule has 5 nitrogen and oxygen atoms in total. The minimum atomic E-state index is -0.592. The number of Topliss-reactive ketones (excluding diaryl/α,β-unsaturated/α-hetero) is 1. The number of benzene rings is 1. The van der Waals surface area contributed by atoms with E-state index in [4.69, 9.17) is 0 Å². The molecule has 24 heavy (non-hydrogen) atoms. The summed E-state index contributed by atoms with van der Waals surface area (Å²) in [5, 5.41) is 8.27. The molecule has 0 N–H and O–H groups in total. The largest absolute Gasteiger partial charge is 0.294 e. The summed E-state index contributed by atoms with van der Waals surface area (Å²) in [6, 6.07) is 8.96. The fraction of sp³-hybridized carbons (Fsp3) is 0.222. The molecule has 1 aliphatic rings. The van der Waals surface area contributed by atoms with Crippen LogP contribution in [0.5, 0.6) is 0 Å². The molecule has 0 aliphatic heterocycles. The van der Waals surface area contributed by atoms with Crippen molar-refractivity contribution >= 4 is 5.78 Å². The highest BCUT2D eigenvalue weighted by molar-refractivity contribution is 6.02. The Morgan fingerprint density at radius 1 is 1.29 bits per heavy atom. The summed E-state index contributed by atoms with van der Waals surface area (Å²) in [6.45, 7) is 3.78. The summed E-state index contributed by atoms with van der Waals surface area (Å²) in [5.74, 6) is -0.378. The maximum Gasteiger partial charge on any atom is 0.238 e. The Morgan fingerprint density at radius 2 is 2.12 bits per heavy atom. The second kappa shape index (κ2) is 5.33. The SMILES string of the molecule is Cc1c(-c2ccc3c(c2)C[C@@H](C)C3=O)nnn1-c1cccnc1F. The first-order valence-corrected chi connectivity index (χ1v) is 7.77. The van der Waals surface area contributed by atoms with Crippen LogP contribution in [0, 0.1) is 18.8 Å². The maximum absolute atomic E-state index is 13.9. The number of ketones is 1. The summed E-state index contributed by atoms with van der Waals surface area (Å²) in [7, 11) is 0. The van der Waals surface area contributed by atoms with E-state index < -0.39 is 5.95 Å². The molecule has 1 aromatic carbocycles. The van der Waals surface area contributed by atoms with Crippen LogP contribution in [-0.4, -0.2) is 25.8 Å². The summed E-state index contributed by atoms with van der Waals surface area (Å²) in [4.78, 5) is 15.7. The Morgan fingerprint density at radius 3 is 2.92 bits per heavy atom. The first-order chi connectivity index (χ1) is 11.6. The molecule has 6 heteroatoms. The molecule has 0 spiro atoms. The van der Waals surface area contributed by atoms with Gasteiger partial charge in [-0.05, 0) is 37.1 Å². The predicted octanol–water partition coefficient (Wildman–Crippen LogP) is 3.15. The van der Waals surface area contributed by atoms with Crippen molar-refractivity contribution in [1.29, 1.82) is 0 Å². The number of fused-ring (bicyclic) bond motifs is 1. The Balaban J connectivity index is 1.79. The number of halogens is 1. The van der Waals surface area contributed by atoms with Crippen molar-refractivity contribution in [3.05, 3.63) is 59.3 Å². The molecule has 3 aromatic rings. The van der Waals surface area contributed by atoms with Crippen LogP contribution < -0.4 is 0 Å². The van der Waals surface area contributed by atoms with E-state index in [2.05, 4.69) is 15.3 Å². The molecule has 2 aromatic heterocycles. The van der Waals surface area contributed by atoms with Gasteiger partial charge in [0, 0.05) is 23.2 Å². The van der Waals surface area contributed by atoms with E-state index in [0.717, 1.165) is 28.8 Å². The lowest BCUT2D eigenvalue weighted by molar-refractivity contribution is 0.0946. The highest BCUT2D eigenvalue weighted by Gasteiger charge is 2.27. The molecule has 1 aliphatic carbocycles. The van der Waals surface area contributed by atoms with E-state index in [1.165, 1.54) is 10.9 Å². The minimum absolute atomic E-state index is 0.0246. The third kappa shape index (κ3) is 2.14. The van der Waals surface area contributed by atoms with Gasteiger partial charge in [-0.3, -0.25) is 4.79 Å². The van der Waals surface area contributed by atoms with Gasteiger partial charge in [0.25, 0.3) is 0 Å². The Labute approximate surface area is 138 Å². The summed E-state index contributed by atoms with van der Waals surface area (Å²) in [5.41, 5.74) is 4.36. The molecular weight excluding hydrogens is 307 g/mol. The molecule has 0 bridgehead atoms. The van der Waals surface area contributed by atoms with Gasteiger partial charge in [0.05, 0.1) is 5.69 Å². The predicted molar refractivity (Wildman–Crippen MR) is 86.5 cm³/mol. The van der Waals surface area contributed by atoms with E-state index in [1.54, 1.807) is 12.1 Å². The summed E-state index contributed by atoms with van der Waals surface area (Å²) in [6.07, 6.45) is 2.14. The van der Waals surface area contributed by atoms with Crippen LogP contribution in [0.1, 0.15) is 28.5 Å². The molecule has 2 heterocycles. The van der Waals surface area contributed by atoms with Crippen LogP contribution in [0.15, 0.2) is 36.5 Å². The third-order valence-electron chi connectivity index (χ3n) is 4.48. The minimum Gasteiger partial charge on any atom is -0.294 e. The van der Waals surface area contributed by atoms with E-state index in [-0.39, 0.29) is 17.4 Å². The molecule has 0 unspecified atom stereocenters. The zero-order valence-electron chi connectivity index (χ0n) is 13.3. The molecule has 120 valence electrons. The Bertz CT molecular complexity index is 963. The molecular formula is C18H15FN4O. The van der Waals surface area contributed by atoms with Gasteiger partial charge >= 0.3 is 0 Å². The lowest BCUT2D eigenvalue weighted by atomic mass is 10.0. The Hall–Kier alpha value is -2.89. The number of nitrogens with zero attached hydrogens (tertiary/aromatic N) is 4. The van der Waals surface area contributed by atoms with Crippen molar-refractivity contribution < 1.29 is 9.18 Å². The van der Waals surface area contributed by atoms with Crippen LogP contribution in [0.4, 0.5) is 4.39 Å². The highest BCUT2D eigenvalue weighted by atomic mass is 19.1. The maximum atomic E-state index is 13.9. The zero-order valence-corrected chi connectivity index (χ0v) is 13.3. The molecule has 0 fully saturated rings. The first kappa shape index (κ1) is 14.7. The van der Waals surface area contributed by atoms with Crippen molar-refractivity contribution in [3.8, 4) is 16.9 Å². The number of carbonyl (C=O) groups excluding carboxylic acids is 1. The van der Waals surface area contributed by atoms with Crippen LogP contribution in [0.3, 0.4) is 0 Å². The van der Waals surface area contributed by atoms with Gasteiger partial charge in [0.2, 0.25) is 5.95 Å². The topological polar surface area (TPSA) is 60.7 Å². The Kier molecular flexibility index (Phi) is 3.26. The summed E-state index contributed by atoms with van der Waals surface area (Å²) >= 11 is 0. The van der Waals surface area contributed by atoms with Crippen LogP contribution in [0.2, 0.25) is 0 Å². The lowest BCUT2D eigenvalue weighted by Crippen LogP contribution is -2.03. The third-order valence-corrected chi connectivity index (χ3v) is 4.48. The number of hydrogen-bond donors (Lipinski definition) is 0. The fourth-order valence-corrected chi connectivity index (χ4v) is 3.20. The monoisotopic (exact) mass is 322 g/mol. The van der Waals surface area contributed by atoms with Crippen molar-refractivity contribution in [2.24, 2.45) is 5.92 Å². The van der Waals surface area contributed by atoms with Crippen LogP contribution in [-0.2, 0) is 6.42 Å². The van der Waals surface area contributed by atoms with Crippen molar-refractivity contribution in [2.45, 2.75) is 20.3 Å². The van der Waals surface area contributed by atoms with Crippen LogP contribution in [0.25, 0.3) is 16.9 Å². The highest BCUT2D eigenvalue weighted by Crippen LogP contribution is 2.31. The molecule has 0 radical (unpaired) electrons. The average Bonchev–Trinajstić information content (AvgIpc) is 3.08. The van der Waals surface area contributed by atoms with Gasteiger partial charge in [0.15, 0.2) is 5.78 Å². The van der Waals surface area contributed by atoms with E-state index in [9.17, 15) is 9.18 Å². The molecule has 1 atom stereocenters. The second-order valence-corrected chi connectivity index (χ2v) is 6.09. The van der Waals surface area contributed by atoms with E-state index in [0.29, 0.717) is 5.69 Å². The number of rotatable bonds is 2. The van der Waals surface area contributed by atoms with Gasteiger partial charge in [-0.2, -0.15) is 4.39 Å². The van der Waals surface area contributed by atoms with Gasteiger partial charge in [-0.1, -0.05) is 24.3 Å². The van der Waals surface area contributed by atoms with Gasteiger partial charge in [-0.25, -0.2) is 9.67 Å². The zero-order chi connectivity index (χ0) is 16.8. The summed E-state index contributed by atoms with van der Waals surface area (Å²) < 4.78 is 15.3. The second-order valence-electron chi connectivity index (χ2n) is 6.09. The number of hydrogen-bond acceptors (Lipinski definition) is 4. The number of carbonyl (C=O) groups is 1. The van der Waals surface area contributed by atoms with E-state index >= 15 is 0 Å². The molecule has 0 amide bonds. The fourth-order valence-electron chi connectivity index (χ4n) is 3.20. The smallest absolute Gasteiger partial charge is 0.238 e. The van der Waals surface area contributed by atoms with Gasteiger partial charge in [0.1, 0.15) is 11.4 Å². The number of aromatic nitrogens is 4. The number of pyridine rings is 1. The van der Waals surface area contributed by atoms with E-state index in [1.807, 2.05) is 32.0 Å². The van der Waals surface area contributed by atoms with Crippen molar-refractivity contribution in [1.82, 2.24) is 20.0 Å². The lowest BCUT2D eigenvalue weighted by Gasteiger charge is -2.05. The standard InChI is InChI=1S/C18H15FN4O/c1-10-8-13-9-12(5-6-14(13)17(10)24)16-11(2)23(22-21-16)15-4-3-7-20-18(15)19/h3-7,9-10H,8H2,1-2H3/t10-/m1/s1. The normalized spacial score (nSPS) is 16.5. The van der Waals surface area contributed by atoms with Crippen molar-refractivity contribution in [2.75, 3.05) is 0 Å².